The van der Waals surface area contributed by atoms with Crippen LogP contribution in [0.4, 0.5) is 8.78 Å². The second-order valence-electron chi connectivity index (χ2n) is 9.02. The number of rotatable bonds is 6. The third kappa shape index (κ3) is 4.80. The molecule has 4 nitrogen and oxygen atoms in total. The monoisotopic (exact) mass is 439 g/mol. The van der Waals surface area contributed by atoms with E-state index in [0.717, 1.165) is 53.7 Å². The van der Waals surface area contributed by atoms with Crippen molar-refractivity contribution in [2.45, 2.75) is 50.5 Å². The van der Waals surface area contributed by atoms with Crippen molar-refractivity contribution in [3.8, 4) is 11.3 Å². The topological polar surface area (TPSA) is 60.1 Å². The van der Waals surface area contributed by atoms with Crippen molar-refractivity contribution in [1.29, 1.82) is 0 Å². The summed E-state index contributed by atoms with van der Waals surface area (Å²) in [4.78, 5) is 3.25. The highest BCUT2D eigenvalue weighted by atomic mass is 19.1. The Balaban J connectivity index is 0.000000207. The van der Waals surface area contributed by atoms with Gasteiger partial charge in [-0.3, -0.25) is 0 Å². The number of H-pyrrole nitrogens is 1. The molecule has 4 N–H and O–H groups in total. The molecule has 0 bridgehead atoms. The molecule has 170 valence electrons. The molecule has 2 saturated carbocycles. The molecule has 0 saturated heterocycles. The zero-order chi connectivity index (χ0) is 22.9. The number of nitrogens with one attached hydrogen (secondary N) is 3. The molecule has 2 aliphatic carbocycles. The Hall–Kier alpha value is -2.86. The van der Waals surface area contributed by atoms with E-state index >= 15 is 0 Å². The summed E-state index contributed by atoms with van der Waals surface area (Å²) in [6.45, 7) is 6.20. The van der Waals surface area contributed by atoms with E-state index < -0.39 is 5.60 Å². The molecule has 3 aromatic rings. The van der Waals surface area contributed by atoms with Crippen LogP contribution in [0.3, 0.4) is 0 Å². The minimum atomic E-state index is -0.431. The predicted molar refractivity (Wildman–Crippen MR) is 125 cm³/mol. The van der Waals surface area contributed by atoms with Gasteiger partial charge in [-0.15, -0.1) is 0 Å². The summed E-state index contributed by atoms with van der Waals surface area (Å²) in [6, 6.07) is 10.0. The predicted octanol–water partition coefficient (Wildman–Crippen LogP) is 5.48. The Morgan fingerprint density at radius 3 is 2.44 bits per heavy atom. The Morgan fingerprint density at radius 2 is 1.88 bits per heavy atom. The zero-order valence-corrected chi connectivity index (χ0v) is 18.7. The fourth-order valence-electron chi connectivity index (χ4n) is 4.05. The average molecular weight is 440 g/mol. The minimum Gasteiger partial charge on any atom is -0.388 e. The summed E-state index contributed by atoms with van der Waals surface area (Å²) in [5.41, 5.74) is 4.10. The summed E-state index contributed by atoms with van der Waals surface area (Å²) < 4.78 is 27.5. The summed E-state index contributed by atoms with van der Waals surface area (Å²) in [5.74, 6) is 0.756. The molecule has 6 heteroatoms. The van der Waals surface area contributed by atoms with Crippen molar-refractivity contribution in [2.24, 2.45) is 0 Å². The summed E-state index contributed by atoms with van der Waals surface area (Å²) in [7, 11) is 1.80. The first kappa shape index (κ1) is 22.3. The lowest BCUT2D eigenvalue weighted by Gasteiger charge is -2.26. The molecular weight excluding hydrogens is 408 g/mol. The normalized spacial score (nSPS) is 16.7. The molecule has 2 aliphatic rings. The molecular formula is C26H31F2N3O. The van der Waals surface area contributed by atoms with Crippen LogP contribution in [0.2, 0.25) is 0 Å². The van der Waals surface area contributed by atoms with Crippen LogP contribution in [0.1, 0.15) is 49.1 Å². The van der Waals surface area contributed by atoms with Gasteiger partial charge in [-0.25, -0.2) is 8.78 Å². The van der Waals surface area contributed by atoms with E-state index in [2.05, 4.69) is 28.3 Å². The lowest BCUT2D eigenvalue weighted by atomic mass is 9.78. The maximum Gasteiger partial charge on any atom is 0.147 e. The van der Waals surface area contributed by atoms with E-state index in [9.17, 15) is 13.9 Å². The number of aromatic nitrogens is 1. The minimum absolute atomic E-state index is 0.219. The molecule has 2 aromatic carbocycles. The number of halogens is 2. The summed E-state index contributed by atoms with van der Waals surface area (Å²) in [6.07, 6.45) is 5.32. The van der Waals surface area contributed by atoms with Crippen LogP contribution in [-0.2, 0) is 0 Å². The second-order valence-corrected chi connectivity index (χ2v) is 9.02. The third-order valence-electron chi connectivity index (χ3n) is 6.45. The Kier molecular flexibility index (Phi) is 6.24. The Morgan fingerprint density at radius 1 is 1.19 bits per heavy atom. The second kappa shape index (κ2) is 8.94. The maximum atomic E-state index is 14.3. The lowest BCUT2D eigenvalue weighted by Crippen LogP contribution is -2.31. The van der Waals surface area contributed by atoms with E-state index in [1.54, 1.807) is 25.2 Å². The molecule has 2 fully saturated rings. The first-order chi connectivity index (χ1) is 15.3. The number of aryl methyl sites for hydroxylation is 1. The van der Waals surface area contributed by atoms with Crippen molar-refractivity contribution in [3.05, 3.63) is 71.6 Å². The number of hydrogen-bond acceptors (Lipinski definition) is 3. The molecule has 0 aliphatic heterocycles. The smallest absolute Gasteiger partial charge is 0.147 e. The van der Waals surface area contributed by atoms with E-state index in [-0.39, 0.29) is 11.6 Å². The van der Waals surface area contributed by atoms with Gasteiger partial charge in [0.15, 0.2) is 0 Å². The number of benzene rings is 2. The van der Waals surface area contributed by atoms with Crippen LogP contribution >= 0.6 is 0 Å². The van der Waals surface area contributed by atoms with Crippen molar-refractivity contribution < 1.29 is 13.9 Å². The van der Waals surface area contributed by atoms with Crippen molar-refractivity contribution in [1.82, 2.24) is 15.6 Å². The van der Waals surface area contributed by atoms with Crippen LogP contribution < -0.4 is 10.6 Å². The van der Waals surface area contributed by atoms with Gasteiger partial charge in [-0.05, 0) is 91.6 Å². The van der Waals surface area contributed by atoms with Gasteiger partial charge in [-0.2, -0.15) is 0 Å². The van der Waals surface area contributed by atoms with Crippen LogP contribution in [0.25, 0.3) is 22.2 Å². The third-order valence-corrected chi connectivity index (χ3v) is 6.45. The number of aliphatic hydroxyl groups is 1. The fourth-order valence-corrected chi connectivity index (χ4v) is 4.05. The lowest BCUT2D eigenvalue weighted by molar-refractivity contribution is 0.151. The maximum absolute atomic E-state index is 14.3. The SMILES string of the molecule is C=C(NC)NCC1(O)CC1.Cc1cc(F)c2[nH]c(-c3ccc(F)cc3)c(C3CCC3)c2c1. The van der Waals surface area contributed by atoms with Gasteiger partial charge in [-0.1, -0.05) is 13.0 Å². The Bertz CT molecular complexity index is 1110. The van der Waals surface area contributed by atoms with Crippen LogP contribution in [0.15, 0.2) is 48.8 Å². The van der Waals surface area contributed by atoms with Gasteiger partial charge in [0.25, 0.3) is 0 Å². The molecule has 5 rings (SSSR count). The molecule has 0 spiro atoms. The summed E-state index contributed by atoms with van der Waals surface area (Å²) >= 11 is 0. The fraction of sp³-hybridized carbons (Fsp3) is 0.385. The quantitative estimate of drug-likeness (QED) is 0.411. The number of hydrogen-bond donors (Lipinski definition) is 4. The van der Waals surface area contributed by atoms with Crippen LogP contribution in [0.5, 0.6) is 0 Å². The van der Waals surface area contributed by atoms with Crippen LogP contribution in [0, 0.1) is 18.6 Å². The van der Waals surface area contributed by atoms with Gasteiger partial charge >= 0.3 is 0 Å². The van der Waals surface area contributed by atoms with E-state index in [1.807, 2.05) is 6.92 Å². The van der Waals surface area contributed by atoms with Gasteiger partial charge in [0.05, 0.1) is 22.6 Å². The van der Waals surface area contributed by atoms with Crippen molar-refractivity contribution in [3.63, 3.8) is 0 Å². The van der Waals surface area contributed by atoms with E-state index in [0.29, 0.717) is 18.0 Å². The molecule has 0 unspecified atom stereocenters. The van der Waals surface area contributed by atoms with Crippen molar-refractivity contribution in [2.75, 3.05) is 13.6 Å². The standard InChI is InChI=1S/C19H17F2N.C7H14N2O/c1-11-9-15-17(12-3-2-4-12)18(22-19(15)16(21)10-11)13-5-7-14(20)8-6-13;1-6(8-2)9-5-7(10)3-4-7/h5-10,12,22H,2-4H2,1H3;8-10H,1,3-5H2,2H3. The number of fused-ring (bicyclic) bond motifs is 1. The molecule has 1 heterocycles. The van der Waals surface area contributed by atoms with Crippen molar-refractivity contribution >= 4 is 10.9 Å². The van der Waals surface area contributed by atoms with Gasteiger partial charge in [0.2, 0.25) is 0 Å². The summed E-state index contributed by atoms with van der Waals surface area (Å²) in [5, 5.41) is 16.1. The van der Waals surface area contributed by atoms with Gasteiger partial charge in [0, 0.05) is 19.0 Å². The highest BCUT2D eigenvalue weighted by molar-refractivity contribution is 5.92. The van der Waals surface area contributed by atoms with E-state index in [4.69, 9.17) is 0 Å². The average Bonchev–Trinajstić information content (AvgIpc) is 3.36. The first-order valence-corrected chi connectivity index (χ1v) is 11.2. The molecule has 32 heavy (non-hydrogen) atoms. The van der Waals surface area contributed by atoms with Gasteiger partial charge < -0.3 is 20.7 Å². The molecule has 0 radical (unpaired) electrons. The molecule has 0 amide bonds. The number of aromatic amines is 1. The van der Waals surface area contributed by atoms with Gasteiger partial charge in [0.1, 0.15) is 11.6 Å². The first-order valence-electron chi connectivity index (χ1n) is 11.2. The highest BCUT2D eigenvalue weighted by Crippen LogP contribution is 2.45. The Labute approximate surface area is 187 Å². The molecule has 0 atom stereocenters. The van der Waals surface area contributed by atoms with Crippen LogP contribution in [-0.4, -0.2) is 29.3 Å². The van der Waals surface area contributed by atoms with E-state index in [1.165, 1.54) is 24.1 Å². The highest BCUT2D eigenvalue weighted by Gasteiger charge is 2.39. The zero-order valence-electron chi connectivity index (χ0n) is 18.7. The molecule has 1 aromatic heterocycles. The largest absolute Gasteiger partial charge is 0.388 e.